The molecule has 4 rings (SSSR count). The Hall–Kier alpha value is -1.65. The minimum Gasteiger partial charge on any atom is -0.353 e. The van der Waals surface area contributed by atoms with Gasteiger partial charge in [0, 0.05) is 24.3 Å². The van der Waals surface area contributed by atoms with E-state index in [9.17, 15) is 0 Å². The zero-order valence-corrected chi connectivity index (χ0v) is 12.0. The lowest BCUT2D eigenvalue weighted by molar-refractivity contribution is 0.242. The maximum atomic E-state index is 4.46. The molecule has 1 saturated heterocycles. The number of nitrogens with zero attached hydrogens (tertiary/aromatic N) is 5. The van der Waals surface area contributed by atoms with Crippen LogP contribution in [0.1, 0.15) is 44.2 Å². The summed E-state index contributed by atoms with van der Waals surface area (Å²) in [7, 11) is 0. The Labute approximate surface area is 119 Å². The summed E-state index contributed by atoms with van der Waals surface area (Å²) < 4.78 is 1.91. The first kappa shape index (κ1) is 12.1. The second-order valence-corrected chi connectivity index (χ2v) is 6.18. The van der Waals surface area contributed by atoms with Gasteiger partial charge in [-0.1, -0.05) is 12.8 Å². The second kappa shape index (κ2) is 4.72. The summed E-state index contributed by atoms with van der Waals surface area (Å²) >= 11 is 0. The SMILES string of the molecule is Cc1cc(N2CCC[C@@H]3CCCC[C@H]32)n2ncnc2n1. The molecule has 106 valence electrons. The van der Waals surface area contributed by atoms with Crippen LogP contribution in [0.15, 0.2) is 12.4 Å². The van der Waals surface area contributed by atoms with Gasteiger partial charge < -0.3 is 4.90 Å². The third kappa shape index (κ3) is 1.87. The van der Waals surface area contributed by atoms with E-state index in [4.69, 9.17) is 0 Å². The van der Waals surface area contributed by atoms with E-state index >= 15 is 0 Å². The maximum Gasteiger partial charge on any atom is 0.254 e. The van der Waals surface area contributed by atoms with Gasteiger partial charge in [-0.2, -0.15) is 14.6 Å². The van der Waals surface area contributed by atoms with Gasteiger partial charge in [-0.15, -0.1) is 0 Å². The minimum atomic E-state index is 0.687. The van der Waals surface area contributed by atoms with E-state index < -0.39 is 0 Å². The minimum absolute atomic E-state index is 0.687. The van der Waals surface area contributed by atoms with Crippen molar-refractivity contribution in [2.45, 2.75) is 51.5 Å². The van der Waals surface area contributed by atoms with Crippen LogP contribution in [0.25, 0.3) is 5.78 Å². The molecule has 5 nitrogen and oxygen atoms in total. The number of rotatable bonds is 1. The second-order valence-electron chi connectivity index (χ2n) is 6.18. The molecule has 0 bridgehead atoms. The summed E-state index contributed by atoms with van der Waals surface area (Å²) in [5.74, 6) is 2.77. The lowest BCUT2D eigenvalue weighted by Gasteiger charge is -2.45. The zero-order valence-electron chi connectivity index (χ0n) is 12.0. The van der Waals surface area contributed by atoms with Gasteiger partial charge in [0.05, 0.1) is 0 Å². The van der Waals surface area contributed by atoms with Gasteiger partial charge in [0.2, 0.25) is 0 Å². The van der Waals surface area contributed by atoms with Crippen molar-refractivity contribution in [1.29, 1.82) is 0 Å². The normalized spacial score (nSPS) is 26.8. The topological polar surface area (TPSA) is 46.3 Å². The first-order valence-electron chi connectivity index (χ1n) is 7.77. The third-order valence-electron chi connectivity index (χ3n) is 4.90. The number of hydrogen-bond acceptors (Lipinski definition) is 4. The van der Waals surface area contributed by atoms with Crippen molar-refractivity contribution in [2.75, 3.05) is 11.4 Å². The summed E-state index contributed by atoms with van der Waals surface area (Å²) in [6.45, 7) is 3.18. The predicted molar refractivity (Wildman–Crippen MR) is 77.8 cm³/mol. The molecule has 0 aromatic carbocycles. The fourth-order valence-electron chi connectivity index (χ4n) is 4.03. The zero-order chi connectivity index (χ0) is 13.5. The van der Waals surface area contributed by atoms with Crippen molar-refractivity contribution in [3.63, 3.8) is 0 Å². The van der Waals surface area contributed by atoms with E-state index in [0.717, 1.165) is 23.9 Å². The van der Waals surface area contributed by atoms with Crippen molar-refractivity contribution in [1.82, 2.24) is 19.6 Å². The smallest absolute Gasteiger partial charge is 0.254 e. The number of fused-ring (bicyclic) bond motifs is 2. The van der Waals surface area contributed by atoms with E-state index in [2.05, 4.69) is 26.0 Å². The highest BCUT2D eigenvalue weighted by molar-refractivity contribution is 5.48. The van der Waals surface area contributed by atoms with Crippen LogP contribution in [0.4, 0.5) is 5.82 Å². The third-order valence-corrected chi connectivity index (χ3v) is 4.90. The summed E-state index contributed by atoms with van der Waals surface area (Å²) in [5, 5.41) is 4.37. The van der Waals surface area contributed by atoms with Crippen molar-refractivity contribution < 1.29 is 0 Å². The van der Waals surface area contributed by atoms with E-state index in [1.807, 2.05) is 11.4 Å². The van der Waals surface area contributed by atoms with Crippen LogP contribution in [0.2, 0.25) is 0 Å². The highest BCUT2D eigenvalue weighted by Gasteiger charge is 2.34. The summed E-state index contributed by atoms with van der Waals surface area (Å²) in [6, 6.07) is 2.85. The van der Waals surface area contributed by atoms with Crippen molar-refractivity contribution in [3.8, 4) is 0 Å². The first-order chi connectivity index (χ1) is 9.83. The Balaban J connectivity index is 1.79. The Morgan fingerprint density at radius 2 is 2.00 bits per heavy atom. The van der Waals surface area contributed by atoms with Crippen LogP contribution in [0.5, 0.6) is 0 Å². The summed E-state index contributed by atoms with van der Waals surface area (Å²) in [6.07, 6.45) is 9.78. The molecule has 0 unspecified atom stereocenters. The average molecular weight is 271 g/mol. The number of piperidine rings is 1. The van der Waals surface area contributed by atoms with Gasteiger partial charge in [0.1, 0.15) is 12.1 Å². The molecule has 5 heteroatoms. The van der Waals surface area contributed by atoms with Gasteiger partial charge in [0.25, 0.3) is 5.78 Å². The Kier molecular flexibility index (Phi) is 2.86. The van der Waals surface area contributed by atoms with Crippen LogP contribution in [0, 0.1) is 12.8 Å². The van der Waals surface area contributed by atoms with Crippen molar-refractivity contribution in [2.24, 2.45) is 5.92 Å². The fourth-order valence-corrected chi connectivity index (χ4v) is 4.03. The molecule has 2 fully saturated rings. The molecular formula is C15H21N5. The Bertz CT molecular complexity index is 618. The molecular weight excluding hydrogens is 250 g/mol. The van der Waals surface area contributed by atoms with E-state index in [-0.39, 0.29) is 0 Å². The predicted octanol–water partition coefficient (Wildman–Crippen LogP) is 2.59. The summed E-state index contributed by atoms with van der Waals surface area (Å²) in [5.41, 5.74) is 1.03. The number of aromatic nitrogens is 4. The molecule has 2 aromatic rings. The molecule has 0 N–H and O–H groups in total. The van der Waals surface area contributed by atoms with Gasteiger partial charge >= 0.3 is 0 Å². The average Bonchev–Trinajstić information content (AvgIpc) is 2.94. The fraction of sp³-hybridized carbons (Fsp3) is 0.667. The highest BCUT2D eigenvalue weighted by Crippen LogP contribution is 2.37. The van der Waals surface area contributed by atoms with Crippen molar-refractivity contribution in [3.05, 3.63) is 18.1 Å². The molecule has 1 saturated carbocycles. The molecule has 1 aliphatic heterocycles. The van der Waals surface area contributed by atoms with Crippen LogP contribution < -0.4 is 4.90 Å². The highest BCUT2D eigenvalue weighted by atomic mass is 15.4. The lowest BCUT2D eigenvalue weighted by Crippen LogP contribution is -2.47. The van der Waals surface area contributed by atoms with E-state index in [1.54, 1.807) is 6.33 Å². The van der Waals surface area contributed by atoms with E-state index in [0.29, 0.717) is 6.04 Å². The molecule has 0 spiro atoms. The van der Waals surface area contributed by atoms with Gasteiger partial charge in [-0.25, -0.2) is 4.98 Å². The van der Waals surface area contributed by atoms with Crippen molar-refractivity contribution >= 4 is 11.6 Å². The monoisotopic (exact) mass is 271 g/mol. The first-order valence-corrected chi connectivity index (χ1v) is 7.77. The molecule has 0 radical (unpaired) electrons. The number of aryl methyl sites for hydroxylation is 1. The standard InChI is InChI=1S/C15H21N5/c1-11-9-14(20-15(18-11)16-10-17-20)19-8-4-6-12-5-2-3-7-13(12)19/h9-10,12-13H,2-8H2,1H3/t12-,13+/m0/s1. The molecule has 2 aliphatic rings. The maximum absolute atomic E-state index is 4.46. The quantitative estimate of drug-likeness (QED) is 0.800. The van der Waals surface area contributed by atoms with Gasteiger partial charge in [-0.05, 0) is 38.5 Å². The van der Waals surface area contributed by atoms with E-state index in [1.165, 1.54) is 44.3 Å². The van der Waals surface area contributed by atoms with Gasteiger partial charge in [0.15, 0.2) is 0 Å². The molecule has 20 heavy (non-hydrogen) atoms. The Morgan fingerprint density at radius 3 is 2.95 bits per heavy atom. The Morgan fingerprint density at radius 1 is 1.15 bits per heavy atom. The van der Waals surface area contributed by atoms with Crippen LogP contribution in [0.3, 0.4) is 0 Å². The van der Waals surface area contributed by atoms with Crippen LogP contribution in [-0.4, -0.2) is 32.2 Å². The lowest BCUT2D eigenvalue weighted by atomic mass is 9.78. The number of anilines is 1. The number of hydrogen-bond donors (Lipinski definition) is 0. The van der Waals surface area contributed by atoms with Crippen LogP contribution >= 0.6 is 0 Å². The molecule has 1 aliphatic carbocycles. The molecule has 2 aromatic heterocycles. The molecule has 0 amide bonds. The summed E-state index contributed by atoms with van der Waals surface area (Å²) in [4.78, 5) is 11.3. The molecule has 2 atom stereocenters. The van der Waals surface area contributed by atoms with Gasteiger partial charge in [-0.3, -0.25) is 0 Å². The van der Waals surface area contributed by atoms with Crippen LogP contribution in [-0.2, 0) is 0 Å². The molecule has 3 heterocycles. The largest absolute Gasteiger partial charge is 0.353 e.